The molecule has 8 nitrogen and oxygen atoms in total. The minimum Gasteiger partial charge on any atom is -0.495 e. The van der Waals surface area contributed by atoms with Crippen LogP contribution >= 0.6 is 11.8 Å². The lowest BCUT2D eigenvalue weighted by atomic mass is 10.0. The number of nitrogens with zero attached hydrogens (tertiary/aromatic N) is 4. The first-order valence-corrected chi connectivity index (χ1v) is 11.4. The van der Waals surface area contributed by atoms with E-state index in [-0.39, 0.29) is 24.0 Å². The Bertz CT molecular complexity index is 1130. The Balaban J connectivity index is 1.36. The van der Waals surface area contributed by atoms with Crippen molar-refractivity contribution in [3.8, 4) is 5.75 Å². The number of carbonyl (C=O) groups is 2. The van der Waals surface area contributed by atoms with E-state index in [1.165, 1.54) is 17.3 Å². The van der Waals surface area contributed by atoms with Gasteiger partial charge in [0.2, 0.25) is 11.8 Å². The molecular weight excluding hydrogens is 426 g/mol. The van der Waals surface area contributed by atoms with Crippen molar-refractivity contribution in [3.63, 3.8) is 0 Å². The number of anilines is 2. The first kappa shape index (κ1) is 21.9. The summed E-state index contributed by atoms with van der Waals surface area (Å²) in [5, 5.41) is 11.8. The van der Waals surface area contributed by atoms with Crippen molar-refractivity contribution in [2.24, 2.45) is 7.05 Å². The largest absolute Gasteiger partial charge is 0.495 e. The number of amides is 2. The van der Waals surface area contributed by atoms with Gasteiger partial charge in [0, 0.05) is 19.3 Å². The number of aromatic nitrogens is 3. The second-order valence-electron chi connectivity index (χ2n) is 7.45. The Morgan fingerprint density at radius 3 is 2.75 bits per heavy atom. The predicted molar refractivity (Wildman–Crippen MR) is 124 cm³/mol. The highest BCUT2D eigenvalue weighted by Gasteiger charge is 2.23. The zero-order valence-electron chi connectivity index (χ0n) is 18.1. The number of nitrogens with one attached hydrogen (secondary N) is 1. The maximum absolute atomic E-state index is 12.9. The van der Waals surface area contributed by atoms with E-state index in [9.17, 15) is 9.59 Å². The van der Waals surface area contributed by atoms with Crippen LogP contribution in [0.15, 0.2) is 53.7 Å². The number of carbonyl (C=O) groups excluding carboxylic acids is 2. The van der Waals surface area contributed by atoms with Crippen molar-refractivity contribution in [3.05, 3.63) is 59.9 Å². The highest BCUT2D eigenvalue weighted by molar-refractivity contribution is 7.99. The Labute approximate surface area is 191 Å². The first-order valence-electron chi connectivity index (χ1n) is 10.4. The molecule has 0 bridgehead atoms. The maximum atomic E-state index is 12.9. The molecule has 32 heavy (non-hydrogen) atoms. The number of rotatable bonds is 7. The lowest BCUT2D eigenvalue weighted by molar-refractivity contribution is -0.116. The van der Waals surface area contributed by atoms with Crippen molar-refractivity contribution < 1.29 is 14.3 Å². The summed E-state index contributed by atoms with van der Waals surface area (Å²) >= 11 is 1.33. The van der Waals surface area contributed by atoms with E-state index in [1.54, 1.807) is 30.9 Å². The van der Waals surface area contributed by atoms with Crippen LogP contribution in [0, 0.1) is 0 Å². The van der Waals surface area contributed by atoms with Crippen LogP contribution in [0.1, 0.15) is 17.8 Å². The van der Waals surface area contributed by atoms with Gasteiger partial charge in [0.15, 0.2) is 5.16 Å². The molecular formula is C23H25N5O3S. The summed E-state index contributed by atoms with van der Waals surface area (Å²) in [5.74, 6) is 1.19. The quantitative estimate of drug-likeness (QED) is 0.556. The molecule has 2 heterocycles. The average molecular weight is 452 g/mol. The van der Waals surface area contributed by atoms with E-state index in [4.69, 9.17) is 4.74 Å². The number of ether oxygens (including phenoxy) is 1. The van der Waals surface area contributed by atoms with E-state index >= 15 is 0 Å². The number of thioether (sulfide) groups is 1. The Morgan fingerprint density at radius 1 is 1.12 bits per heavy atom. The monoisotopic (exact) mass is 451 g/mol. The van der Waals surface area contributed by atoms with Crippen LogP contribution in [-0.2, 0) is 29.5 Å². The van der Waals surface area contributed by atoms with Crippen molar-refractivity contribution in [1.82, 2.24) is 14.8 Å². The van der Waals surface area contributed by atoms with Crippen molar-refractivity contribution >= 4 is 35.0 Å². The van der Waals surface area contributed by atoms with Crippen molar-refractivity contribution in [1.29, 1.82) is 0 Å². The van der Waals surface area contributed by atoms with Gasteiger partial charge in [0.25, 0.3) is 0 Å². The summed E-state index contributed by atoms with van der Waals surface area (Å²) < 4.78 is 7.02. The maximum Gasteiger partial charge on any atom is 0.237 e. The fourth-order valence-corrected chi connectivity index (χ4v) is 4.51. The number of hydrogen-bond donors (Lipinski definition) is 1. The molecule has 0 aliphatic carbocycles. The molecule has 0 saturated heterocycles. The van der Waals surface area contributed by atoms with E-state index in [2.05, 4.69) is 21.6 Å². The minimum absolute atomic E-state index is 0.0422. The lowest BCUT2D eigenvalue weighted by Crippen LogP contribution is -2.36. The molecule has 1 N–H and O–H groups in total. The van der Waals surface area contributed by atoms with Gasteiger partial charge in [-0.15, -0.1) is 10.2 Å². The fraction of sp³-hybridized carbons (Fsp3) is 0.304. The molecule has 0 fully saturated rings. The molecule has 0 unspecified atom stereocenters. The van der Waals surface area contributed by atoms with Crippen LogP contribution in [0.5, 0.6) is 5.75 Å². The van der Waals surface area contributed by atoms with Gasteiger partial charge in [-0.05, 0) is 36.6 Å². The molecule has 0 atom stereocenters. The van der Waals surface area contributed by atoms with E-state index < -0.39 is 0 Å². The summed E-state index contributed by atoms with van der Waals surface area (Å²) in [7, 11) is 3.36. The van der Waals surface area contributed by atoms with Gasteiger partial charge < -0.3 is 19.5 Å². The summed E-state index contributed by atoms with van der Waals surface area (Å²) in [6.07, 6.45) is 2.02. The molecule has 0 radical (unpaired) electrons. The third kappa shape index (κ3) is 4.77. The van der Waals surface area contributed by atoms with Crippen LogP contribution in [0.2, 0.25) is 0 Å². The summed E-state index contributed by atoms with van der Waals surface area (Å²) in [5.41, 5.74) is 2.80. The third-order valence-electron chi connectivity index (χ3n) is 5.36. The van der Waals surface area contributed by atoms with Crippen LogP contribution < -0.4 is 15.0 Å². The van der Waals surface area contributed by atoms with Gasteiger partial charge in [-0.25, -0.2) is 0 Å². The molecule has 3 aromatic rings. The highest BCUT2D eigenvalue weighted by Crippen LogP contribution is 2.28. The zero-order chi connectivity index (χ0) is 22.5. The molecule has 2 aromatic carbocycles. The number of methoxy groups -OCH3 is 1. The SMILES string of the molecule is COc1ccccc1NC(=O)Cc1nnc(SCC(=O)N2CCCc3ccccc32)n1C. The lowest BCUT2D eigenvalue weighted by Gasteiger charge is -2.29. The summed E-state index contributed by atoms with van der Waals surface area (Å²) in [4.78, 5) is 27.2. The molecule has 166 valence electrons. The normalized spacial score (nSPS) is 12.9. The van der Waals surface area contributed by atoms with Crippen LogP contribution in [0.25, 0.3) is 0 Å². The van der Waals surface area contributed by atoms with Crippen molar-refractivity contribution in [2.75, 3.05) is 29.6 Å². The first-order chi connectivity index (χ1) is 15.6. The minimum atomic E-state index is -0.220. The zero-order valence-corrected chi connectivity index (χ0v) is 18.9. The second kappa shape index (κ2) is 9.86. The van der Waals surface area contributed by atoms with Gasteiger partial charge in [0.05, 0.1) is 25.0 Å². The van der Waals surface area contributed by atoms with Gasteiger partial charge in [0.1, 0.15) is 11.6 Å². The van der Waals surface area contributed by atoms with Crippen molar-refractivity contribution in [2.45, 2.75) is 24.4 Å². The standard InChI is InChI=1S/C23H25N5O3S/c1-27-20(14-21(29)24-17-10-4-6-12-19(17)31-2)25-26-23(27)32-15-22(30)28-13-7-9-16-8-3-5-11-18(16)28/h3-6,8,10-12H,7,9,13-15H2,1-2H3,(H,24,29). The Hall–Kier alpha value is -3.33. The molecule has 1 aliphatic heterocycles. The number of aryl methyl sites for hydroxylation is 1. The van der Waals surface area contributed by atoms with Crippen LogP contribution in [-0.4, -0.2) is 46.0 Å². The number of fused-ring (bicyclic) bond motifs is 1. The Morgan fingerprint density at radius 2 is 1.91 bits per heavy atom. The molecule has 1 aromatic heterocycles. The molecule has 2 amide bonds. The Kier molecular flexibility index (Phi) is 6.75. The molecule has 9 heteroatoms. The van der Waals surface area contributed by atoms with Crippen LogP contribution in [0.3, 0.4) is 0 Å². The summed E-state index contributed by atoms with van der Waals surface area (Å²) in [6, 6.07) is 15.3. The number of hydrogen-bond acceptors (Lipinski definition) is 6. The van der Waals surface area contributed by atoms with E-state index in [0.29, 0.717) is 22.4 Å². The number of benzene rings is 2. The van der Waals surface area contributed by atoms with Gasteiger partial charge in [-0.3, -0.25) is 9.59 Å². The highest BCUT2D eigenvalue weighted by atomic mass is 32.2. The fourth-order valence-electron chi connectivity index (χ4n) is 3.71. The van der Waals surface area contributed by atoms with Gasteiger partial charge in [-0.2, -0.15) is 0 Å². The topological polar surface area (TPSA) is 89.3 Å². The third-order valence-corrected chi connectivity index (χ3v) is 6.37. The van der Waals surface area contributed by atoms with Crippen LogP contribution in [0.4, 0.5) is 11.4 Å². The van der Waals surface area contributed by atoms with E-state index in [0.717, 1.165) is 25.1 Å². The van der Waals surface area contributed by atoms with Gasteiger partial charge >= 0.3 is 0 Å². The number of para-hydroxylation sites is 3. The molecule has 0 saturated carbocycles. The van der Waals surface area contributed by atoms with Gasteiger partial charge in [-0.1, -0.05) is 42.1 Å². The predicted octanol–water partition coefficient (Wildman–Crippen LogP) is 3.08. The smallest absolute Gasteiger partial charge is 0.237 e. The molecule has 0 spiro atoms. The molecule has 4 rings (SSSR count). The van der Waals surface area contributed by atoms with E-state index in [1.807, 2.05) is 35.2 Å². The molecule has 1 aliphatic rings. The average Bonchev–Trinajstić information content (AvgIpc) is 3.16. The summed E-state index contributed by atoms with van der Waals surface area (Å²) in [6.45, 7) is 0.726. The second-order valence-corrected chi connectivity index (χ2v) is 8.39.